The van der Waals surface area contributed by atoms with Gasteiger partial charge >= 0.3 is 5.97 Å². The molecule has 0 aliphatic rings. The Balaban J connectivity index is 4.01. The topological polar surface area (TPSA) is 26.3 Å². The van der Waals surface area contributed by atoms with Crippen LogP contribution in [0.4, 0.5) is 0 Å². The second kappa shape index (κ2) is 3.89. The van der Waals surface area contributed by atoms with Gasteiger partial charge in [0.1, 0.15) is 0 Å². The van der Waals surface area contributed by atoms with Crippen molar-refractivity contribution in [2.45, 2.75) is 6.92 Å². The van der Waals surface area contributed by atoms with Crippen molar-refractivity contribution in [2.75, 3.05) is 7.11 Å². The molecule has 9 heavy (non-hydrogen) atoms. The predicted molar refractivity (Wildman–Crippen MR) is 36.0 cm³/mol. The van der Waals surface area contributed by atoms with Crippen molar-refractivity contribution in [3.63, 3.8) is 0 Å². The first kappa shape index (κ1) is 7.95. The Kier molecular flexibility index (Phi) is 3.44. The van der Waals surface area contributed by atoms with Crippen molar-refractivity contribution >= 4 is 5.97 Å². The van der Waals surface area contributed by atoms with E-state index < -0.39 is 0 Å². The van der Waals surface area contributed by atoms with Crippen LogP contribution in [0, 0.1) is 0 Å². The monoisotopic (exact) mass is 126 g/mol. The Morgan fingerprint density at radius 1 is 1.67 bits per heavy atom. The number of methoxy groups -OCH3 is 1. The van der Waals surface area contributed by atoms with Crippen molar-refractivity contribution < 1.29 is 9.53 Å². The van der Waals surface area contributed by atoms with Crippen LogP contribution < -0.4 is 0 Å². The Bertz CT molecular complexity index is 145. The molecule has 0 atom stereocenters. The Labute approximate surface area is 54.8 Å². The smallest absolute Gasteiger partial charge is 0.333 e. The van der Waals surface area contributed by atoms with Crippen LogP contribution in [-0.2, 0) is 9.53 Å². The van der Waals surface area contributed by atoms with E-state index in [9.17, 15) is 4.79 Å². The molecule has 0 aliphatic carbocycles. The normalized spacial score (nSPS) is 10.7. The first-order chi connectivity index (χ1) is 4.22. The number of carbonyl (C=O) groups is 1. The molecular formula is C7H10O2. The highest BCUT2D eigenvalue weighted by molar-refractivity contribution is 5.87. The number of hydrogen-bond acceptors (Lipinski definition) is 2. The van der Waals surface area contributed by atoms with Gasteiger partial charge in [0, 0.05) is 5.57 Å². The molecule has 0 aromatic heterocycles. The second-order valence-corrected chi connectivity index (χ2v) is 1.58. The third-order valence-corrected chi connectivity index (χ3v) is 0.875. The van der Waals surface area contributed by atoms with Gasteiger partial charge in [0.2, 0.25) is 0 Å². The largest absolute Gasteiger partial charge is 0.466 e. The molecule has 0 N–H and O–H groups in total. The number of ether oxygens (including phenoxy) is 1. The van der Waals surface area contributed by atoms with Gasteiger partial charge in [-0.15, -0.1) is 0 Å². The maximum Gasteiger partial charge on any atom is 0.333 e. The van der Waals surface area contributed by atoms with Gasteiger partial charge < -0.3 is 4.74 Å². The quantitative estimate of drug-likeness (QED) is 0.316. The molecule has 2 nitrogen and oxygen atoms in total. The lowest BCUT2D eigenvalue weighted by atomic mass is 10.3. The predicted octanol–water partition coefficient (Wildman–Crippen LogP) is 1.29. The van der Waals surface area contributed by atoms with Crippen LogP contribution in [0.2, 0.25) is 0 Å². The van der Waals surface area contributed by atoms with Crippen LogP contribution in [0.15, 0.2) is 24.3 Å². The molecule has 2 heteroatoms. The number of rotatable bonds is 2. The van der Waals surface area contributed by atoms with Crippen LogP contribution in [0.3, 0.4) is 0 Å². The van der Waals surface area contributed by atoms with E-state index in [0.717, 1.165) is 0 Å². The molecule has 0 saturated heterocycles. The average Bonchev–Trinajstić information content (AvgIpc) is 1.87. The van der Waals surface area contributed by atoms with Crippen molar-refractivity contribution in [3.05, 3.63) is 24.3 Å². The van der Waals surface area contributed by atoms with Crippen molar-refractivity contribution in [2.24, 2.45) is 0 Å². The summed E-state index contributed by atoms with van der Waals surface area (Å²) in [5.41, 5.74) is 0.563. The van der Waals surface area contributed by atoms with Crippen LogP contribution in [0.5, 0.6) is 0 Å². The second-order valence-electron chi connectivity index (χ2n) is 1.58. The van der Waals surface area contributed by atoms with Crippen molar-refractivity contribution in [1.82, 2.24) is 0 Å². The van der Waals surface area contributed by atoms with Crippen LogP contribution >= 0.6 is 0 Å². The first-order valence-corrected chi connectivity index (χ1v) is 2.60. The lowest BCUT2D eigenvalue weighted by Crippen LogP contribution is -2.00. The molecule has 0 bridgehead atoms. The molecule has 0 fully saturated rings. The molecular weight excluding hydrogens is 116 g/mol. The number of hydrogen-bond donors (Lipinski definition) is 0. The number of allylic oxidation sites excluding steroid dienone is 2. The summed E-state index contributed by atoms with van der Waals surface area (Å²) in [7, 11) is 1.35. The van der Waals surface area contributed by atoms with Crippen LogP contribution in [0.25, 0.3) is 0 Å². The van der Waals surface area contributed by atoms with Crippen LogP contribution in [-0.4, -0.2) is 13.1 Å². The molecule has 0 aromatic rings. The molecule has 0 heterocycles. The highest BCUT2D eigenvalue weighted by atomic mass is 16.5. The molecule has 0 saturated carbocycles. The van der Waals surface area contributed by atoms with Crippen molar-refractivity contribution in [3.8, 4) is 0 Å². The highest BCUT2D eigenvalue weighted by Crippen LogP contribution is 1.93. The van der Waals surface area contributed by atoms with Gasteiger partial charge in [-0.25, -0.2) is 4.79 Å². The van der Waals surface area contributed by atoms with E-state index in [2.05, 4.69) is 11.3 Å². The fourth-order valence-electron chi connectivity index (χ4n) is 0.406. The van der Waals surface area contributed by atoms with E-state index in [0.29, 0.717) is 5.57 Å². The zero-order chi connectivity index (χ0) is 7.28. The van der Waals surface area contributed by atoms with Gasteiger partial charge in [-0.1, -0.05) is 18.7 Å². The standard InChI is InChI=1S/C7H10O2/c1-4-5-6(2)7(8)9-3/h4-5H,1H2,2-3H3. The maximum atomic E-state index is 10.6. The third kappa shape index (κ3) is 2.69. The molecule has 0 aromatic carbocycles. The fraction of sp³-hybridized carbons (Fsp3) is 0.286. The summed E-state index contributed by atoms with van der Waals surface area (Å²) in [6.07, 6.45) is 3.15. The molecule has 0 aliphatic heterocycles. The third-order valence-electron chi connectivity index (χ3n) is 0.875. The molecule has 0 amide bonds. The zero-order valence-electron chi connectivity index (χ0n) is 5.68. The van der Waals surface area contributed by atoms with Gasteiger partial charge in [0.05, 0.1) is 7.11 Å². The van der Waals surface area contributed by atoms with Crippen LogP contribution in [0.1, 0.15) is 6.92 Å². The summed E-state index contributed by atoms with van der Waals surface area (Å²) in [6.45, 7) is 5.11. The summed E-state index contributed by atoms with van der Waals surface area (Å²) in [6, 6.07) is 0. The summed E-state index contributed by atoms with van der Waals surface area (Å²) in [5.74, 6) is -0.310. The fourth-order valence-corrected chi connectivity index (χ4v) is 0.406. The minimum absolute atomic E-state index is 0.310. The van der Waals surface area contributed by atoms with E-state index in [1.54, 1.807) is 19.1 Å². The summed E-state index contributed by atoms with van der Waals surface area (Å²) in [4.78, 5) is 10.6. The van der Waals surface area contributed by atoms with E-state index in [1.807, 2.05) is 0 Å². The first-order valence-electron chi connectivity index (χ1n) is 2.60. The lowest BCUT2D eigenvalue weighted by molar-refractivity contribution is -0.136. The summed E-state index contributed by atoms with van der Waals surface area (Å²) in [5, 5.41) is 0. The van der Waals surface area contributed by atoms with Gasteiger partial charge in [0.25, 0.3) is 0 Å². The minimum atomic E-state index is -0.310. The summed E-state index contributed by atoms with van der Waals surface area (Å²) >= 11 is 0. The van der Waals surface area contributed by atoms with E-state index in [1.165, 1.54) is 7.11 Å². The Hall–Kier alpha value is -1.05. The molecule has 0 unspecified atom stereocenters. The molecule has 50 valence electrons. The van der Waals surface area contributed by atoms with Gasteiger partial charge in [-0.3, -0.25) is 0 Å². The van der Waals surface area contributed by atoms with Gasteiger partial charge in [-0.05, 0) is 6.92 Å². The van der Waals surface area contributed by atoms with Crippen molar-refractivity contribution in [1.29, 1.82) is 0 Å². The lowest BCUT2D eigenvalue weighted by Gasteiger charge is -1.94. The highest BCUT2D eigenvalue weighted by Gasteiger charge is 1.98. The Morgan fingerprint density at radius 2 is 2.22 bits per heavy atom. The molecule has 0 spiro atoms. The molecule has 0 radical (unpaired) electrons. The zero-order valence-corrected chi connectivity index (χ0v) is 5.68. The van der Waals surface area contributed by atoms with E-state index >= 15 is 0 Å². The molecule has 0 rings (SSSR count). The number of esters is 1. The summed E-state index contributed by atoms with van der Waals surface area (Å²) < 4.78 is 4.41. The van der Waals surface area contributed by atoms with E-state index in [4.69, 9.17) is 0 Å². The Morgan fingerprint density at radius 3 is 2.56 bits per heavy atom. The van der Waals surface area contributed by atoms with Gasteiger partial charge in [0.15, 0.2) is 0 Å². The minimum Gasteiger partial charge on any atom is -0.466 e. The van der Waals surface area contributed by atoms with Gasteiger partial charge in [-0.2, -0.15) is 0 Å². The van der Waals surface area contributed by atoms with E-state index in [-0.39, 0.29) is 5.97 Å². The average molecular weight is 126 g/mol. The number of carbonyl (C=O) groups excluding carboxylic acids is 1. The maximum absolute atomic E-state index is 10.6. The SMILES string of the molecule is C=CC=C(C)C(=O)OC.